The van der Waals surface area contributed by atoms with Gasteiger partial charge in [0.15, 0.2) is 0 Å². The Labute approximate surface area is 110 Å². The Morgan fingerprint density at radius 2 is 1.95 bits per heavy atom. The number of anilines is 1. The Morgan fingerprint density at radius 3 is 2.58 bits per heavy atom. The highest BCUT2D eigenvalue weighted by molar-refractivity contribution is 7.92. The summed E-state index contributed by atoms with van der Waals surface area (Å²) in [7, 11) is -3.48. The maximum atomic E-state index is 11.6. The minimum Gasteiger partial charge on any atom is -0.327 e. The minimum atomic E-state index is -3.48. The normalized spacial score (nSPS) is 11.2. The molecule has 2 aromatic heterocycles. The number of nitrogens with zero attached hydrogens (tertiary/aromatic N) is 1. The van der Waals surface area contributed by atoms with Gasteiger partial charge in [0.2, 0.25) is 10.0 Å². The van der Waals surface area contributed by atoms with Gasteiger partial charge in [0.25, 0.3) is 5.56 Å². The van der Waals surface area contributed by atoms with Gasteiger partial charge in [-0.15, -0.1) is 0 Å². The zero-order valence-corrected chi connectivity index (χ0v) is 11.1. The number of hydrogen-bond acceptors (Lipinski definition) is 4. The number of nitrogens with one attached hydrogen (secondary N) is 2. The molecule has 2 heterocycles. The van der Waals surface area contributed by atoms with E-state index in [-0.39, 0.29) is 11.4 Å². The molecule has 0 fully saturated rings. The molecule has 7 heteroatoms. The molecule has 0 bridgehead atoms. The van der Waals surface area contributed by atoms with Crippen LogP contribution in [0.3, 0.4) is 0 Å². The number of aromatic amines is 1. The molecule has 100 valence electrons. The summed E-state index contributed by atoms with van der Waals surface area (Å²) in [5, 5.41) is 0. The van der Waals surface area contributed by atoms with E-state index in [1.807, 2.05) is 0 Å². The second kappa shape index (κ2) is 5.23. The van der Waals surface area contributed by atoms with Crippen molar-refractivity contribution in [3.63, 3.8) is 0 Å². The van der Waals surface area contributed by atoms with Crippen LogP contribution >= 0.6 is 0 Å². The van der Waals surface area contributed by atoms with Crippen LogP contribution in [0, 0.1) is 0 Å². The van der Waals surface area contributed by atoms with E-state index in [9.17, 15) is 13.2 Å². The number of rotatable bonds is 4. The van der Waals surface area contributed by atoms with Gasteiger partial charge in [0, 0.05) is 24.2 Å². The van der Waals surface area contributed by atoms with E-state index in [4.69, 9.17) is 0 Å². The molecule has 0 radical (unpaired) electrons. The largest absolute Gasteiger partial charge is 0.327 e. The Bertz CT molecular complexity index is 723. The first-order valence-corrected chi connectivity index (χ1v) is 7.30. The minimum absolute atomic E-state index is 0.0103. The third-order valence-electron chi connectivity index (χ3n) is 2.56. The van der Waals surface area contributed by atoms with Crippen LogP contribution in [0.2, 0.25) is 0 Å². The molecule has 0 saturated carbocycles. The van der Waals surface area contributed by atoms with Crippen molar-refractivity contribution in [2.24, 2.45) is 0 Å². The summed E-state index contributed by atoms with van der Waals surface area (Å²) >= 11 is 0. The van der Waals surface area contributed by atoms with Crippen molar-refractivity contribution in [1.29, 1.82) is 0 Å². The highest BCUT2D eigenvalue weighted by atomic mass is 32.2. The van der Waals surface area contributed by atoms with Gasteiger partial charge < -0.3 is 4.98 Å². The molecule has 0 atom stereocenters. The van der Waals surface area contributed by atoms with E-state index >= 15 is 0 Å². The van der Waals surface area contributed by atoms with Crippen LogP contribution in [0.1, 0.15) is 6.92 Å². The molecule has 2 N–H and O–H groups in total. The summed E-state index contributed by atoms with van der Waals surface area (Å²) in [6, 6.07) is 5.04. The molecule has 0 aliphatic rings. The topological polar surface area (TPSA) is 91.9 Å². The average molecular weight is 279 g/mol. The number of hydrogen-bond donors (Lipinski definition) is 2. The van der Waals surface area contributed by atoms with Crippen LogP contribution in [0.5, 0.6) is 0 Å². The van der Waals surface area contributed by atoms with Crippen molar-refractivity contribution in [2.75, 3.05) is 10.5 Å². The van der Waals surface area contributed by atoms with Gasteiger partial charge in [-0.25, -0.2) is 8.42 Å². The third kappa shape index (κ3) is 3.19. The Morgan fingerprint density at radius 1 is 1.26 bits per heavy atom. The Balaban J connectivity index is 2.44. The van der Waals surface area contributed by atoms with E-state index in [1.54, 1.807) is 24.5 Å². The molecule has 2 aromatic rings. The second-order valence-corrected chi connectivity index (χ2v) is 5.88. The number of aromatic nitrogens is 2. The van der Waals surface area contributed by atoms with Crippen molar-refractivity contribution in [3.05, 3.63) is 47.1 Å². The summed E-state index contributed by atoms with van der Waals surface area (Å²) in [4.78, 5) is 18.0. The fourth-order valence-corrected chi connectivity index (χ4v) is 2.14. The molecule has 0 unspecified atom stereocenters. The van der Waals surface area contributed by atoms with Gasteiger partial charge in [-0.1, -0.05) is 0 Å². The maximum Gasteiger partial charge on any atom is 0.272 e. The Hall–Kier alpha value is -2.15. The lowest BCUT2D eigenvalue weighted by atomic mass is 10.1. The molecular weight excluding hydrogens is 266 g/mol. The van der Waals surface area contributed by atoms with Gasteiger partial charge in [-0.05, 0) is 30.7 Å². The lowest BCUT2D eigenvalue weighted by Crippen LogP contribution is -2.21. The molecule has 6 nitrogen and oxygen atoms in total. The highest BCUT2D eigenvalue weighted by Gasteiger charge is 2.10. The first kappa shape index (κ1) is 13.3. The summed E-state index contributed by atoms with van der Waals surface area (Å²) in [6.45, 7) is 1.50. The molecule has 19 heavy (non-hydrogen) atoms. The van der Waals surface area contributed by atoms with Crippen molar-refractivity contribution < 1.29 is 8.42 Å². The van der Waals surface area contributed by atoms with Crippen LogP contribution in [0.15, 0.2) is 41.6 Å². The van der Waals surface area contributed by atoms with Crippen LogP contribution in [-0.2, 0) is 10.0 Å². The van der Waals surface area contributed by atoms with Crippen LogP contribution in [-0.4, -0.2) is 24.1 Å². The average Bonchev–Trinajstić information content (AvgIpc) is 2.42. The standard InChI is InChI=1S/C12H13N3O3S/c1-2-19(17,18)15-11-7-10(8-14-12(11)16)9-3-5-13-6-4-9/h3-8,15H,2H2,1H3,(H,14,16). The number of H-pyrrole nitrogens is 1. The first-order valence-electron chi connectivity index (χ1n) is 5.65. The molecule has 0 amide bonds. The van der Waals surface area contributed by atoms with E-state index < -0.39 is 15.6 Å². The lowest BCUT2D eigenvalue weighted by molar-refractivity contribution is 0.602. The summed E-state index contributed by atoms with van der Waals surface area (Å²) in [5.41, 5.74) is 1.07. The van der Waals surface area contributed by atoms with Crippen LogP contribution in [0.4, 0.5) is 5.69 Å². The van der Waals surface area contributed by atoms with Gasteiger partial charge >= 0.3 is 0 Å². The molecule has 2 rings (SSSR count). The third-order valence-corrected chi connectivity index (χ3v) is 3.85. The van der Waals surface area contributed by atoms with Gasteiger partial charge in [0.1, 0.15) is 5.69 Å². The van der Waals surface area contributed by atoms with Crippen molar-refractivity contribution in [1.82, 2.24) is 9.97 Å². The SMILES string of the molecule is CCS(=O)(=O)Nc1cc(-c2ccncc2)c[nH]c1=O. The van der Waals surface area contributed by atoms with E-state index in [0.717, 1.165) is 5.56 Å². The van der Waals surface area contributed by atoms with Crippen molar-refractivity contribution >= 4 is 15.7 Å². The van der Waals surface area contributed by atoms with E-state index in [2.05, 4.69) is 14.7 Å². The predicted octanol–water partition coefficient (Wildman–Crippen LogP) is 1.20. The van der Waals surface area contributed by atoms with Crippen molar-refractivity contribution in [3.8, 4) is 11.1 Å². The quantitative estimate of drug-likeness (QED) is 0.879. The van der Waals surface area contributed by atoms with Gasteiger partial charge in [-0.2, -0.15) is 0 Å². The monoisotopic (exact) mass is 279 g/mol. The summed E-state index contributed by atoms with van der Waals surface area (Å²) in [5.74, 6) is -0.0913. The zero-order valence-electron chi connectivity index (χ0n) is 10.3. The molecule has 0 spiro atoms. The van der Waals surface area contributed by atoms with Gasteiger partial charge in [-0.3, -0.25) is 14.5 Å². The fourth-order valence-electron chi connectivity index (χ4n) is 1.51. The zero-order chi connectivity index (χ0) is 13.9. The molecule has 0 aliphatic carbocycles. The lowest BCUT2D eigenvalue weighted by Gasteiger charge is -2.07. The smallest absolute Gasteiger partial charge is 0.272 e. The summed E-state index contributed by atoms with van der Waals surface area (Å²) in [6.07, 6.45) is 4.77. The molecule has 0 aromatic carbocycles. The van der Waals surface area contributed by atoms with E-state index in [0.29, 0.717) is 5.56 Å². The highest BCUT2D eigenvalue weighted by Crippen LogP contribution is 2.18. The van der Waals surface area contributed by atoms with Crippen molar-refractivity contribution in [2.45, 2.75) is 6.92 Å². The maximum absolute atomic E-state index is 11.6. The Kier molecular flexibility index (Phi) is 3.66. The van der Waals surface area contributed by atoms with Crippen LogP contribution < -0.4 is 10.3 Å². The molecule has 0 aliphatic heterocycles. The van der Waals surface area contributed by atoms with Gasteiger partial charge in [0.05, 0.1) is 5.75 Å². The number of pyridine rings is 2. The second-order valence-electron chi connectivity index (χ2n) is 3.87. The predicted molar refractivity (Wildman–Crippen MR) is 73.4 cm³/mol. The molecular formula is C12H13N3O3S. The summed E-state index contributed by atoms with van der Waals surface area (Å²) < 4.78 is 25.2. The van der Waals surface area contributed by atoms with E-state index in [1.165, 1.54) is 19.2 Å². The fraction of sp³-hybridized carbons (Fsp3) is 0.167. The van der Waals surface area contributed by atoms with Crippen LogP contribution in [0.25, 0.3) is 11.1 Å². The molecule has 0 saturated heterocycles. The number of sulfonamides is 1. The first-order chi connectivity index (χ1) is 9.02.